The van der Waals surface area contributed by atoms with Crippen molar-refractivity contribution in [2.24, 2.45) is 5.92 Å². The lowest BCUT2D eigenvalue weighted by molar-refractivity contribution is -0.125. The Morgan fingerprint density at radius 2 is 2.12 bits per heavy atom. The van der Waals surface area contributed by atoms with E-state index in [1.807, 2.05) is 18.2 Å². The van der Waals surface area contributed by atoms with Crippen LogP contribution in [0.2, 0.25) is 0 Å². The number of aromatic nitrogens is 2. The van der Waals surface area contributed by atoms with Gasteiger partial charge in [-0.05, 0) is 17.9 Å². The number of piperazine rings is 1. The number of benzene rings is 1. The minimum absolute atomic E-state index is 0.0491. The SMILES string of the molecule is CC(C)Cc1nc(CN2CC(=O)N[C@@H](Cc3ccccc3)C2)no1. The van der Waals surface area contributed by atoms with Crippen molar-refractivity contribution in [1.29, 1.82) is 0 Å². The summed E-state index contributed by atoms with van der Waals surface area (Å²) in [4.78, 5) is 18.5. The third-order valence-electron chi connectivity index (χ3n) is 3.99. The topological polar surface area (TPSA) is 71.3 Å². The second kappa shape index (κ2) is 7.57. The minimum atomic E-state index is 0.0491. The van der Waals surface area contributed by atoms with Gasteiger partial charge in [0.2, 0.25) is 11.8 Å². The molecule has 0 radical (unpaired) electrons. The molecule has 0 spiro atoms. The summed E-state index contributed by atoms with van der Waals surface area (Å²) < 4.78 is 5.28. The van der Waals surface area contributed by atoms with Crippen molar-refractivity contribution in [1.82, 2.24) is 20.4 Å². The highest BCUT2D eigenvalue weighted by Gasteiger charge is 2.25. The van der Waals surface area contributed by atoms with Crippen LogP contribution in [0, 0.1) is 5.92 Å². The number of rotatable bonds is 6. The lowest BCUT2D eigenvalue weighted by Gasteiger charge is -2.32. The van der Waals surface area contributed by atoms with Gasteiger partial charge in [-0.15, -0.1) is 0 Å². The van der Waals surface area contributed by atoms with Crippen molar-refractivity contribution in [2.45, 2.75) is 39.3 Å². The highest BCUT2D eigenvalue weighted by atomic mass is 16.5. The second-order valence-corrected chi connectivity index (χ2v) is 6.83. The van der Waals surface area contributed by atoms with Crippen LogP contribution in [0.5, 0.6) is 0 Å². The Hall–Kier alpha value is -2.21. The number of carbonyl (C=O) groups is 1. The quantitative estimate of drug-likeness (QED) is 0.876. The summed E-state index contributed by atoms with van der Waals surface area (Å²) in [5.74, 6) is 1.85. The van der Waals surface area contributed by atoms with Crippen molar-refractivity contribution in [2.75, 3.05) is 13.1 Å². The van der Waals surface area contributed by atoms with Crippen molar-refractivity contribution >= 4 is 5.91 Å². The Bertz CT molecular complexity index is 669. The van der Waals surface area contributed by atoms with E-state index in [9.17, 15) is 4.79 Å². The third kappa shape index (κ3) is 4.64. The molecule has 6 nitrogen and oxygen atoms in total. The number of nitrogens with one attached hydrogen (secondary N) is 1. The van der Waals surface area contributed by atoms with Crippen LogP contribution in [0.3, 0.4) is 0 Å². The number of amides is 1. The highest BCUT2D eigenvalue weighted by molar-refractivity contribution is 5.79. The molecule has 3 rings (SSSR count). The molecule has 1 aliphatic rings. The highest BCUT2D eigenvalue weighted by Crippen LogP contribution is 2.11. The summed E-state index contributed by atoms with van der Waals surface area (Å²) in [6.07, 6.45) is 1.61. The summed E-state index contributed by atoms with van der Waals surface area (Å²) in [6.45, 7) is 5.94. The van der Waals surface area contributed by atoms with E-state index in [1.54, 1.807) is 0 Å². The van der Waals surface area contributed by atoms with Gasteiger partial charge in [-0.2, -0.15) is 4.98 Å². The lowest BCUT2D eigenvalue weighted by atomic mass is 10.0. The molecule has 1 aromatic carbocycles. The molecule has 2 heterocycles. The van der Waals surface area contributed by atoms with Crippen LogP contribution in [-0.2, 0) is 24.2 Å². The molecule has 0 unspecified atom stereocenters. The van der Waals surface area contributed by atoms with Crippen LogP contribution in [0.15, 0.2) is 34.9 Å². The van der Waals surface area contributed by atoms with E-state index in [0.29, 0.717) is 30.7 Å². The number of nitrogens with zero attached hydrogens (tertiary/aromatic N) is 3. The molecule has 1 amide bonds. The zero-order valence-electron chi connectivity index (χ0n) is 14.2. The molecular formula is C18H24N4O2. The monoisotopic (exact) mass is 328 g/mol. The molecule has 1 N–H and O–H groups in total. The van der Waals surface area contributed by atoms with Gasteiger partial charge in [0.25, 0.3) is 0 Å². The van der Waals surface area contributed by atoms with Gasteiger partial charge in [-0.1, -0.05) is 49.3 Å². The zero-order chi connectivity index (χ0) is 16.9. The predicted octanol–water partition coefficient (Wildman–Crippen LogP) is 1.81. The molecule has 1 atom stereocenters. The van der Waals surface area contributed by atoms with Gasteiger partial charge in [0.05, 0.1) is 13.1 Å². The first-order valence-corrected chi connectivity index (χ1v) is 8.45. The Kier molecular flexibility index (Phi) is 5.25. The molecule has 0 aliphatic carbocycles. The van der Waals surface area contributed by atoms with Crippen LogP contribution in [-0.4, -0.2) is 40.1 Å². The lowest BCUT2D eigenvalue weighted by Crippen LogP contribution is -2.54. The average molecular weight is 328 g/mol. The standard InChI is InChI=1S/C18H24N4O2/c1-13(2)8-18-20-16(21-24-18)11-22-10-15(19-17(23)12-22)9-14-6-4-3-5-7-14/h3-7,13,15H,8-12H2,1-2H3,(H,19,23)/t15-/m0/s1. The van der Waals surface area contributed by atoms with Crippen molar-refractivity contribution in [3.63, 3.8) is 0 Å². The van der Waals surface area contributed by atoms with Gasteiger partial charge in [0.1, 0.15) is 0 Å². The normalized spacial score (nSPS) is 18.8. The first kappa shape index (κ1) is 16.6. The van der Waals surface area contributed by atoms with E-state index in [1.165, 1.54) is 5.56 Å². The molecule has 1 fully saturated rings. The summed E-state index contributed by atoms with van der Waals surface area (Å²) in [5.41, 5.74) is 1.23. The van der Waals surface area contributed by atoms with Crippen molar-refractivity contribution < 1.29 is 9.32 Å². The Balaban J connectivity index is 1.59. The molecule has 1 aromatic heterocycles. The van der Waals surface area contributed by atoms with Crippen LogP contribution in [0.1, 0.15) is 31.1 Å². The summed E-state index contributed by atoms with van der Waals surface area (Å²) >= 11 is 0. The fraction of sp³-hybridized carbons (Fsp3) is 0.500. The Morgan fingerprint density at radius 3 is 2.88 bits per heavy atom. The maximum atomic E-state index is 12.0. The van der Waals surface area contributed by atoms with Crippen LogP contribution in [0.25, 0.3) is 0 Å². The first-order valence-electron chi connectivity index (χ1n) is 8.45. The smallest absolute Gasteiger partial charge is 0.234 e. The van der Waals surface area contributed by atoms with Crippen molar-refractivity contribution in [3.8, 4) is 0 Å². The number of hydrogen-bond donors (Lipinski definition) is 1. The van der Waals surface area contributed by atoms with Gasteiger partial charge in [0, 0.05) is 19.0 Å². The van der Waals surface area contributed by atoms with E-state index in [2.05, 4.69) is 46.3 Å². The Labute approximate surface area is 142 Å². The summed E-state index contributed by atoms with van der Waals surface area (Å²) in [5, 5.41) is 7.10. The number of hydrogen-bond acceptors (Lipinski definition) is 5. The maximum absolute atomic E-state index is 12.0. The molecule has 2 aromatic rings. The molecule has 1 saturated heterocycles. The van der Waals surface area contributed by atoms with Crippen LogP contribution >= 0.6 is 0 Å². The van der Waals surface area contributed by atoms with Gasteiger partial charge in [-0.3, -0.25) is 9.69 Å². The van der Waals surface area contributed by atoms with Crippen LogP contribution in [0.4, 0.5) is 0 Å². The minimum Gasteiger partial charge on any atom is -0.351 e. The maximum Gasteiger partial charge on any atom is 0.234 e. The average Bonchev–Trinajstić information content (AvgIpc) is 2.93. The largest absolute Gasteiger partial charge is 0.351 e. The molecular weight excluding hydrogens is 304 g/mol. The Morgan fingerprint density at radius 1 is 1.33 bits per heavy atom. The van der Waals surface area contributed by atoms with E-state index < -0.39 is 0 Å². The van der Waals surface area contributed by atoms with Gasteiger partial charge < -0.3 is 9.84 Å². The summed E-state index contributed by atoms with van der Waals surface area (Å²) in [7, 11) is 0. The predicted molar refractivity (Wildman–Crippen MR) is 90.2 cm³/mol. The van der Waals surface area contributed by atoms with Crippen LogP contribution < -0.4 is 5.32 Å². The van der Waals surface area contributed by atoms with Crippen molar-refractivity contribution in [3.05, 3.63) is 47.6 Å². The molecule has 128 valence electrons. The van der Waals surface area contributed by atoms with Gasteiger partial charge in [-0.25, -0.2) is 0 Å². The third-order valence-corrected chi connectivity index (χ3v) is 3.99. The second-order valence-electron chi connectivity index (χ2n) is 6.83. The first-order chi connectivity index (χ1) is 11.6. The molecule has 0 saturated carbocycles. The van der Waals surface area contributed by atoms with E-state index in [0.717, 1.165) is 19.4 Å². The van der Waals surface area contributed by atoms with E-state index in [4.69, 9.17) is 4.52 Å². The molecule has 6 heteroatoms. The van der Waals surface area contributed by atoms with Gasteiger partial charge >= 0.3 is 0 Å². The fourth-order valence-corrected chi connectivity index (χ4v) is 3.02. The number of carbonyl (C=O) groups excluding carboxylic acids is 1. The zero-order valence-corrected chi connectivity index (χ0v) is 14.2. The fourth-order valence-electron chi connectivity index (χ4n) is 3.02. The molecule has 0 bridgehead atoms. The van der Waals surface area contributed by atoms with E-state index >= 15 is 0 Å². The van der Waals surface area contributed by atoms with Gasteiger partial charge in [0.15, 0.2) is 5.82 Å². The summed E-state index contributed by atoms with van der Waals surface area (Å²) in [6, 6.07) is 10.3. The molecule has 1 aliphatic heterocycles. The molecule has 24 heavy (non-hydrogen) atoms. The van der Waals surface area contributed by atoms with E-state index in [-0.39, 0.29) is 11.9 Å².